The van der Waals surface area contributed by atoms with Gasteiger partial charge in [-0.3, -0.25) is 0 Å². The molecule has 1 heterocycles. The fourth-order valence-electron chi connectivity index (χ4n) is 2.54. The first-order chi connectivity index (χ1) is 13.8. The van der Waals surface area contributed by atoms with Crippen molar-refractivity contribution in [2.24, 2.45) is 5.92 Å². The molecule has 32 heavy (non-hydrogen) atoms. The van der Waals surface area contributed by atoms with Crippen molar-refractivity contribution >= 4 is 0 Å². The van der Waals surface area contributed by atoms with Gasteiger partial charge in [0.2, 0.25) is 0 Å². The molecule has 1 saturated heterocycles. The van der Waals surface area contributed by atoms with E-state index in [-0.39, 0.29) is 0 Å². The highest BCUT2D eigenvalue weighted by Crippen LogP contribution is 2.64. The Morgan fingerprint density at radius 1 is 0.531 bits per heavy atom. The van der Waals surface area contributed by atoms with Gasteiger partial charge in [0.25, 0.3) is 0 Å². The quantitative estimate of drug-likeness (QED) is 0.434. The largest absolute Gasteiger partial charge is 0.460 e. The molecule has 1 aliphatic rings. The molecule has 0 aromatic rings. The zero-order valence-electron chi connectivity index (χ0n) is 14.6. The van der Waals surface area contributed by atoms with Gasteiger partial charge in [-0.2, -0.15) is 74.6 Å². The van der Waals surface area contributed by atoms with E-state index >= 15 is 0 Å². The molecule has 1 fully saturated rings. The molecular weight excluding hydrogens is 511 g/mol. The Bertz CT molecular complexity index is 682. The van der Waals surface area contributed by atoms with Gasteiger partial charge in [0.05, 0.1) is 5.92 Å². The highest BCUT2D eigenvalue weighted by Gasteiger charge is 2.95. The first-order valence-electron chi connectivity index (χ1n) is 7.78. The fraction of sp³-hybridized carbons (Fsp3) is 1.00. The second kappa shape index (κ2) is 7.63. The molecule has 1 N–H and O–H groups in total. The first kappa shape index (κ1) is 28.8. The molecule has 2 nitrogen and oxygen atoms in total. The Hall–Kier alpha value is -1.27. The maximum Gasteiger partial charge on any atom is 0.460 e. The van der Waals surface area contributed by atoms with Crippen LogP contribution in [0.25, 0.3) is 0 Å². The lowest BCUT2D eigenvalue weighted by atomic mass is 9.82. The Morgan fingerprint density at radius 3 is 1.22 bits per heavy atom. The van der Waals surface area contributed by atoms with Gasteiger partial charge < -0.3 is 9.84 Å². The van der Waals surface area contributed by atoms with E-state index in [1.165, 1.54) is 0 Å². The zero-order valence-corrected chi connectivity index (χ0v) is 14.6. The van der Waals surface area contributed by atoms with Crippen LogP contribution >= 0.6 is 0 Å². The van der Waals surface area contributed by atoms with Gasteiger partial charge in [-0.25, -0.2) is 0 Å². The third kappa shape index (κ3) is 3.56. The Morgan fingerprint density at radius 2 is 0.875 bits per heavy atom. The highest BCUT2D eigenvalue weighted by atomic mass is 19.4. The number of alkyl halides is 17. The third-order valence-corrected chi connectivity index (χ3v) is 4.50. The minimum absolute atomic E-state index is 0.650. The Labute approximate surface area is 165 Å². The molecule has 0 aliphatic carbocycles. The molecule has 0 amide bonds. The molecule has 0 bridgehead atoms. The van der Waals surface area contributed by atoms with E-state index in [4.69, 9.17) is 5.11 Å². The Balaban J connectivity index is 3.61. The predicted molar refractivity (Wildman–Crippen MR) is 65.4 cm³/mol. The van der Waals surface area contributed by atoms with Gasteiger partial charge in [0.15, 0.2) is 6.29 Å². The molecule has 0 spiro atoms. The summed E-state index contributed by atoms with van der Waals surface area (Å²) in [7, 11) is 0. The molecule has 1 rings (SSSR count). The Kier molecular flexibility index (Phi) is 6.85. The lowest BCUT2D eigenvalue weighted by Crippen LogP contribution is -2.75. The van der Waals surface area contributed by atoms with E-state index in [9.17, 15) is 74.6 Å². The van der Waals surface area contributed by atoms with E-state index in [1.54, 1.807) is 0 Å². The summed E-state index contributed by atoms with van der Waals surface area (Å²) in [5, 5.41) is 9.06. The van der Waals surface area contributed by atoms with Crippen LogP contribution in [0.15, 0.2) is 0 Å². The summed E-state index contributed by atoms with van der Waals surface area (Å²) >= 11 is 0. The minimum atomic E-state index is -8.66. The van der Waals surface area contributed by atoms with Crippen molar-refractivity contribution < 1.29 is 84.5 Å². The molecule has 2 atom stereocenters. The van der Waals surface area contributed by atoms with E-state index < -0.39 is 79.3 Å². The number of hydrogen-bond donors (Lipinski definition) is 1. The SMILES string of the molecule is O[C@H]1OCCC[C@@H]1C(F)(F)C(F)(F)C(F)(F)C(F)(F)C(F)(F)C(F)(F)C(F)(F)C(F)(F)F. The molecular formula is C13H9F17O2. The van der Waals surface area contributed by atoms with Crippen molar-refractivity contribution in [2.45, 2.75) is 66.8 Å². The fourth-order valence-corrected chi connectivity index (χ4v) is 2.54. The summed E-state index contributed by atoms with van der Waals surface area (Å²) < 4.78 is 228. The van der Waals surface area contributed by atoms with Crippen LogP contribution in [0.5, 0.6) is 0 Å². The number of hydrogen-bond acceptors (Lipinski definition) is 2. The van der Waals surface area contributed by atoms with E-state index in [0.717, 1.165) is 0 Å². The normalized spacial score (nSPS) is 23.4. The molecule has 192 valence electrons. The van der Waals surface area contributed by atoms with Crippen LogP contribution in [-0.2, 0) is 4.74 Å². The average Bonchev–Trinajstić information content (AvgIpc) is 2.59. The van der Waals surface area contributed by atoms with E-state index in [0.29, 0.717) is 0 Å². The maximum atomic E-state index is 13.9. The second-order valence-corrected chi connectivity index (χ2v) is 6.58. The lowest BCUT2D eigenvalue weighted by Gasteiger charge is -2.45. The molecule has 0 aromatic carbocycles. The van der Waals surface area contributed by atoms with Crippen molar-refractivity contribution in [1.82, 2.24) is 0 Å². The smallest absolute Gasteiger partial charge is 0.367 e. The molecule has 0 saturated carbocycles. The second-order valence-electron chi connectivity index (χ2n) is 6.58. The van der Waals surface area contributed by atoms with Crippen LogP contribution in [0.1, 0.15) is 12.8 Å². The van der Waals surface area contributed by atoms with Crippen molar-refractivity contribution in [3.8, 4) is 0 Å². The summed E-state index contributed by atoms with van der Waals surface area (Å²) in [5.41, 5.74) is 0. The molecule has 1 aliphatic heterocycles. The maximum absolute atomic E-state index is 13.9. The van der Waals surface area contributed by atoms with Crippen LogP contribution in [-0.4, -0.2) is 65.6 Å². The summed E-state index contributed by atoms with van der Waals surface area (Å²) in [6.45, 7) is -0.650. The summed E-state index contributed by atoms with van der Waals surface area (Å²) in [5.74, 6) is -60.3. The van der Waals surface area contributed by atoms with Crippen molar-refractivity contribution in [3.63, 3.8) is 0 Å². The third-order valence-electron chi connectivity index (χ3n) is 4.50. The first-order valence-corrected chi connectivity index (χ1v) is 7.78. The predicted octanol–water partition coefficient (Wildman–Crippen LogP) is 5.74. The van der Waals surface area contributed by atoms with Gasteiger partial charge in [-0.1, -0.05) is 0 Å². The van der Waals surface area contributed by atoms with Crippen LogP contribution < -0.4 is 0 Å². The van der Waals surface area contributed by atoms with Crippen LogP contribution in [0.2, 0.25) is 0 Å². The van der Waals surface area contributed by atoms with E-state index in [2.05, 4.69) is 4.74 Å². The summed E-state index contributed by atoms with van der Waals surface area (Å²) in [6.07, 6.45) is -13.0. The van der Waals surface area contributed by atoms with Crippen LogP contribution in [0.3, 0.4) is 0 Å². The zero-order chi connectivity index (χ0) is 26.0. The number of halogens is 17. The van der Waals surface area contributed by atoms with Crippen molar-refractivity contribution in [1.29, 1.82) is 0 Å². The summed E-state index contributed by atoms with van der Waals surface area (Å²) in [4.78, 5) is 0. The number of aliphatic hydroxyl groups is 1. The molecule has 0 radical (unpaired) electrons. The number of rotatable bonds is 7. The van der Waals surface area contributed by atoms with E-state index in [1.807, 2.05) is 0 Å². The topological polar surface area (TPSA) is 29.5 Å². The molecule has 19 heteroatoms. The lowest BCUT2D eigenvalue weighted by molar-refractivity contribution is -0.465. The minimum Gasteiger partial charge on any atom is -0.367 e. The number of ether oxygens (including phenoxy) is 1. The van der Waals surface area contributed by atoms with Gasteiger partial charge in [0, 0.05) is 6.61 Å². The highest BCUT2D eigenvalue weighted by molar-refractivity contribution is 5.15. The van der Waals surface area contributed by atoms with Crippen molar-refractivity contribution in [2.75, 3.05) is 6.61 Å². The number of aliphatic hydroxyl groups excluding tert-OH is 1. The average molecular weight is 520 g/mol. The van der Waals surface area contributed by atoms with Gasteiger partial charge in [-0.05, 0) is 12.8 Å². The van der Waals surface area contributed by atoms with Crippen LogP contribution in [0, 0.1) is 5.92 Å². The van der Waals surface area contributed by atoms with Crippen LogP contribution in [0.4, 0.5) is 74.6 Å². The molecule has 0 aromatic heterocycles. The standard InChI is InChI=1S/C13H9F17O2/c14-6(15,4-2-1-3-32-5(4)31)7(16,17)8(18,19)9(20,21)10(22,23)11(24,25)12(26,27)13(28,29)30/h4-5,31H,1-3H2/t4-,5-/m0/s1. The van der Waals surface area contributed by atoms with Gasteiger partial charge >= 0.3 is 47.6 Å². The van der Waals surface area contributed by atoms with Crippen molar-refractivity contribution in [3.05, 3.63) is 0 Å². The monoisotopic (exact) mass is 520 g/mol. The summed E-state index contributed by atoms with van der Waals surface area (Å²) in [6, 6.07) is 0. The van der Waals surface area contributed by atoms with Gasteiger partial charge in [-0.15, -0.1) is 0 Å². The van der Waals surface area contributed by atoms with Gasteiger partial charge in [0.1, 0.15) is 0 Å². The molecule has 0 unspecified atom stereocenters.